The van der Waals surface area contributed by atoms with Gasteiger partial charge in [-0.3, -0.25) is 0 Å². The van der Waals surface area contributed by atoms with Crippen LogP contribution in [0.4, 0.5) is 0 Å². The Bertz CT molecular complexity index is 102. The molecule has 0 aromatic carbocycles. The van der Waals surface area contributed by atoms with E-state index in [1.807, 2.05) is 0 Å². The Balaban J connectivity index is 4.24. The highest BCUT2D eigenvalue weighted by atomic mass is 31.2. The maximum absolute atomic E-state index is 6.24. The second-order valence-corrected chi connectivity index (χ2v) is 8.52. The van der Waals surface area contributed by atoms with Crippen LogP contribution in [0.25, 0.3) is 0 Å². The summed E-state index contributed by atoms with van der Waals surface area (Å²) in [7, 11) is 5.48. The van der Waals surface area contributed by atoms with Crippen LogP contribution in [-0.4, -0.2) is 31.9 Å². The average Bonchev–Trinajstić information content (AvgIpc) is 2.09. The van der Waals surface area contributed by atoms with Gasteiger partial charge in [0.05, 0.1) is 18.5 Å². The van der Waals surface area contributed by atoms with E-state index in [1.54, 1.807) is 0 Å². The minimum atomic E-state index is -0.769. The molecule has 0 aromatic rings. The largest absolute Gasteiger partial charge is 0.126 e. The molecule has 0 aliphatic carbocycles. The molecule has 0 heterocycles. The van der Waals surface area contributed by atoms with E-state index in [2.05, 4.69) is 27.7 Å². The Morgan fingerprint density at radius 2 is 1.42 bits per heavy atom. The van der Waals surface area contributed by atoms with Crippen LogP contribution < -0.4 is 0 Å². The van der Waals surface area contributed by atoms with Crippen molar-refractivity contribution in [2.24, 2.45) is 0 Å². The molecule has 12 heavy (non-hydrogen) atoms. The van der Waals surface area contributed by atoms with E-state index in [9.17, 15) is 0 Å². The predicted octanol–water partition coefficient (Wildman–Crippen LogP) is 3.36. The highest BCUT2D eigenvalue weighted by Gasteiger charge is 2.36. The summed E-state index contributed by atoms with van der Waals surface area (Å²) in [5.41, 5.74) is 0.516. The van der Waals surface area contributed by atoms with Gasteiger partial charge in [0, 0.05) is 12.8 Å². The lowest BCUT2D eigenvalue weighted by Crippen LogP contribution is -2.19. The van der Waals surface area contributed by atoms with Crippen LogP contribution >= 0.6 is 7.26 Å². The van der Waals surface area contributed by atoms with Crippen LogP contribution in [0.1, 0.15) is 40.5 Å². The summed E-state index contributed by atoms with van der Waals surface area (Å²) >= 11 is 0. The molecule has 0 amide bonds. The van der Waals surface area contributed by atoms with Gasteiger partial charge in [-0.05, 0) is 27.2 Å². The van der Waals surface area contributed by atoms with E-state index in [1.165, 1.54) is 31.3 Å². The molecule has 70 valence electrons. The van der Waals surface area contributed by atoms with Crippen molar-refractivity contribution in [3.05, 3.63) is 0 Å². The molecular formula is C10H23BP+. The first-order valence-electron chi connectivity index (χ1n) is 5.28. The van der Waals surface area contributed by atoms with Gasteiger partial charge in [-0.25, -0.2) is 0 Å². The van der Waals surface area contributed by atoms with Crippen LogP contribution in [0.5, 0.6) is 0 Å². The second-order valence-electron chi connectivity index (χ2n) is 3.52. The molecule has 0 aromatic heterocycles. The normalized spacial score (nSPS) is 14.7. The Labute approximate surface area is 80.3 Å². The van der Waals surface area contributed by atoms with Crippen molar-refractivity contribution in [1.82, 2.24) is 0 Å². The van der Waals surface area contributed by atoms with Crippen molar-refractivity contribution in [2.75, 3.05) is 18.5 Å². The Kier molecular flexibility index (Phi) is 6.27. The molecule has 2 heteroatoms. The summed E-state index contributed by atoms with van der Waals surface area (Å²) in [6.07, 6.45) is 6.47. The monoisotopic (exact) mass is 185 g/mol. The van der Waals surface area contributed by atoms with E-state index in [4.69, 9.17) is 7.85 Å². The summed E-state index contributed by atoms with van der Waals surface area (Å²) in [6.45, 7) is 9.18. The SMILES string of the molecule is [B]C(CCC)[P+](CC)(CC)CC. The van der Waals surface area contributed by atoms with Gasteiger partial charge in [0.25, 0.3) is 0 Å². The van der Waals surface area contributed by atoms with E-state index in [0.29, 0.717) is 5.56 Å². The first-order valence-corrected chi connectivity index (χ1v) is 7.69. The van der Waals surface area contributed by atoms with E-state index >= 15 is 0 Å². The van der Waals surface area contributed by atoms with Crippen molar-refractivity contribution < 1.29 is 0 Å². The van der Waals surface area contributed by atoms with E-state index < -0.39 is 7.26 Å². The lowest BCUT2D eigenvalue weighted by molar-refractivity contribution is 0.847. The second kappa shape index (κ2) is 6.03. The van der Waals surface area contributed by atoms with E-state index in [-0.39, 0.29) is 0 Å². The van der Waals surface area contributed by atoms with Gasteiger partial charge in [-0.2, -0.15) is 0 Å². The van der Waals surface area contributed by atoms with Gasteiger partial charge in [-0.15, -0.1) is 0 Å². The fourth-order valence-electron chi connectivity index (χ4n) is 1.94. The summed E-state index contributed by atoms with van der Waals surface area (Å²) in [4.78, 5) is 0. The molecular weight excluding hydrogens is 162 g/mol. The van der Waals surface area contributed by atoms with E-state index in [0.717, 1.165) is 0 Å². The van der Waals surface area contributed by atoms with Crippen LogP contribution in [0.3, 0.4) is 0 Å². The quantitative estimate of drug-likeness (QED) is 0.439. The Hall–Kier alpha value is 0.495. The molecule has 0 N–H and O–H groups in total. The fourth-order valence-corrected chi connectivity index (χ4v) is 5.50. The van der Waals surface area contributed by atoms with Crippen molar-refractivity contribution in [1.29, 1.82) is 0 Å². The molecule has 0 saturated carbocycles. The minimum absolute atomic E-state index is 0.516. The molecule has 0 fully saturated rings. The third-order valence-electron chi connectivity index (χ3n) is 3.18. The molecule has 0 aliphatic rings. The zero-order chi connectivity index (χ0) is 9.61. The highest BCUT2D eigenvalue weighted by molar-refractivity contribution is 7.77. The Morgan fingerprint density at radius 3 is 1.67 bits per heavy atom. The molecule has 0 bridgehead atoms. The maximum Gasteiger partial charge on any atom is 0.126 e. The van der Waals surface area contributed by atoms with Crippen LogP contribution in [-0.2, 0) is 0 Å². The van der Waals surface area contributed by atoms with Crippen molar-refractivity contribution in [2.45, 2.75) is 46.1 Å². The zero-order valence-corrected chi connectivity index (χ0v) is 10.0. The molecule has 0 saturated heterocycles. The molecule has 1 atom stereocenters. The van der Waals surface area contributed by atoms with Gasteiger partial charge in [0.1, 0.15) is 7.85 Å². The molecule has 0 nitrogen and oxygen atoms in total. The van der Waals surface area contributed by atoms with Gasteiger partial charge in [0.15, 0.2) is 0 Å². The third kappa shape index (κ3) is 2.77. The molecule has 0 rings (SSSR count). The summed E-state index contributed by atoms with van der Waals surface area (Å²) in [5.74, 6) is 0. The average molecular weight is 185 g/mol. The lowest BCUT2D eigenvalue weighted by atomic mass is 10.00. The maximum atomic E-state index is 6.24. The Morgan fingerprint density at radius 1 is 1.00 bits per heavy atom. The van der Waals surface area contributed by atoms with Crippen LogP contribution in [0.15, 0.2) is 0 Å². The predicted molar refractivity (Wildman–Crippen MR) is 63.0 cm³/mol. The van der Waals surface area contributed by atoms with Crippen LogP contribution in [0.2, 0.25) is 0 Å². The fraction of sp³-hybridized carbons (Fsp3) is 1.00. The van der Waals surface area contributed by atoms with Gasteiger partial charge < -0.3 is 0 Å². The highest BCUT2D eigenvalue weighted by Crippen LogP contribution is 2.62. The zero-order valence-electron chi connectivity index (χ0n) is 9.14. The topological polar surface area (TPSA) is 0 Å². The lowest BCUT2D eigenvalue weighted by Gasteiger charge is -2.30. The van der Waals surface area contributed by atoms with Crippen molar-refractivity contribution >= 4 is 15.1 Å². The summed E-state index contributed by atoms with van der Waals surface area (Å²) < 4.78 is 0. The summed E-state index contributed by atoms with van der Waals surface area (Å²) in [6, 6.07) is 0. The first-order chi connectivity index (χ1) is 5.66. The first kappa shape index (κ1) is 12.5. The molecule has 0 aliphatic heterocycles. The van der Waals surface area contributed by atoms with Crippen molar-refractivity contribution in [3.8, 4) is 0 Å². The summed E-state index contributed by atoms with van der Waals surface area (Å²) in [5, 5.41) is 0. The van der Waals surface area contributed by atoms with Crippen LogP contribution in [0, 0.1) is 0 Å². The van der Waals surface area contributed by atoms with Gasteiger partial charge in [0.2, 0.25) is 0 Å². The molecule has 0 spiro atoms. The minimum Gasteiger partial charge on any atom is -0.0653 e. The number of rotatable bonds is 6. The number of hydrogen-bond acceptors (Lipinski definition) is 0. The molecule has 2 radical (unpaired) electrons. The standard InChI is InChI=1S/C10H23BP/c1-5-9-10(11)12(6-2,7-3)8-4/h10H,5-9H2,1-4H3/q+1. The molecule has 1 unspecified atom stereocenters. The smallest absolute Gasteiger partial charge is 0.0653 e. The van der Waals surface area contributed by atoms with Gasteiger partial charge in [-0.1, -0.05) is 13.3 Å². The number of hydrogen-bond donors (Lipinski definition) is 0. The van der Waals surface area contributed by atoms with Crippen molar-refractivity contribution in [3.63, 3.8) is 0 Å². The van der Waals surface area contributed by atoms with Gasteiger partial charge >= 0.3 is 0 Å². The third-order valence-corrected chi connectivity index (χ3v) is 8.62.